The summed E-state index contributed by atoms with van der Waals surface area (Å²) < 4.78 is 38.2. The third kappa shape index (κ3) is 3.63. The van der Waals surface area contributed by atoms with Crippen molar-refractivity contribution in [3.63, 3.8) is 0 Å². The standard InChI is InChI=1S/C12H11BrClNO4S2/c1-18-9-6-10(19-2)8(5-7(9)14)15-21(16,17)12-4-3-11(13)20-12/h3-6,15H,1-2H3. The van der Waals surface area contributed by atoms with Crippen LogP contribution in [0.4, 0.5) is 5.69 Å². The van der Waals surface area contributed by atoms with E-state index in [2.05, 4.69) is 20.7 Å². The van der Waals surface area contributed by atoms with Crippen LogP contribution >= 0.6 is 38.9 Å². The molecule has 9 heteroatoms. The highest BCUT2D eigenvalue weighted by Gasteiger charge is 2.20. The van der Waals surface area contributed by atoms with Gasteiger partial charge in [0.2, 0.25) is 0 Å². The quantitative estimate of drug-likeness (QED) is 0.806. The maximum atomic E-state index is 12.3. The van der Waals surface area contributed by atoms with Crippen LogP contribution < -0.4 is 14.2 Å². The monoisotopic (exact) mass is 411 g/mol. The fourth-order valence-corrected chi connectivity index (χ4v) is 4.89. The maximum absolute atomic E-state index is 12.3. The van der Waals surface area contributed by atoms with E-state index in [1.165, 1.54) is 32.4 Å². The number of hydrogen-bond acceptors (Lipinski definition) is 5. The zero-order chi connectivity index (χ0) is 15.6. The smallest absolute Gasteiger partial charge is 0.271 e. The summed E-state index contributed by atoms with van der Waals surface area (Å²) in [4.78, 5) is 0. The maximum Gasteiger partial charge on any atom is 0.271 e. The molecular formula is C12H11BrClNO4S2. The van der Waals surface area contributed by atoms with E-state index in [9.17, 15) is 8.42 Å². The van der Waals surface area contributed by atoms with Gasteiger partial charge in [-0.05, 0) is 34.1 Å². The van der Waals surface area contributed by atoms with Gasteiger partial charge in [0.25, 0.3) is 10.0 Å². The molecule has 0 bridgehead atoms. The number of halogens is 2. The number of sulfonamides is 1. The van der Waals surface area contributed by atoms with Crippen LogP contribution in [0.15, 0.2) is 32.3 Å². The molecule has 0 aliphatic carbocycles. The largest absolute Gasteiger partial charge is 0.495 e. The molecule has 0 aliphatic heterocycles. The zero-order valence-corrected chi connectivity index (χ0v) is 15.0. The van der Waals surface area contributed by atoms with Gasteiger partial charge in [-0.1, -0.05) is 11.6 Å². The molecule has 0 saturated heterocycles. The van der Waals surface area contributed by atoms with Crippen LogP contribution in [0.1, 0.15) is 0 Å². The molecule has 0 aliphatic rings. The third-order valence-electron chi connectivity index (χ3n) is 2.53. The minimum absolute atomic E-state index is 0.184. The molecule has 2 aromatic rings. The number of benzene rings is 1. The molecule has 1 aromatic carbocycles. The highest BCUT2D eigenvalue weighted by molar-refractivity contribution is 9.11. The lowest BCUT2D eigenvalue weighted by molar-refractivity contribution is 0.396. The van der Waals surface area contributed by atoms with E-state index in [4.69, 9.17) is 21.1 Å². The fourth-order valence-electron chi connectivity index (χ4n) is 1.58. The Kier molecular flexibility index (Phi) is 5.03. The van der Waals surface area contributed by atoms with Crippen LogP contribution in [0.2, 0.25) is 5.02 Å². The topological polar surface area (TPSA) is 64.6 Å². The SMILES string of the molecule is COc1cc(OC)c(NS(=O)(=O)c2ccc(Br)s2)cc1Cl. The van der Waals surface area contributed by atoms with Crippen LogP contribution in [0.25, 0.3) is 0 Å². The van der Waals surface area contributed by atoms with Crippen molar-refractivity contribution in [3.05, 3.63) is 33.1 Å². The van der Waals surface area contributed by atoms with E-state index in [0.717, 1.165) is 15.1 Å². The van der Waals surface area contributed by atoms with Crippen molar-refractivity contribution in [2.75, 3.05) is 18.9 Å². The normalized spacial score (nSPS) is 11.2. The van der Waals surface area contributed by atoms with Gasteiger partial charge in [-0.25, -0.2) is 8.42 Å². The number of anilines is 1. The van der Waals surface area contributed by atoms with Crippen molar-refractivity contribution in [2.24, 2.45) is 0 Å². The zero-order valence-electron chi connectivity index (χ0n) is 11.0. The third-order valence-corrected chi connectivity index (χ3v) is 6.31. The van der Waals surface area contributed by atoms with Gasteiger partial charge in [0, 0.05) is 6.07 Å². The Morgan fingerprint density at radius 1 is 1.19 bits per heavy atom. The van der Waals surface area contributed by atoms with Gasteiger partial charge in [0.05, 0.1) is 28.7 Å². The van der Waals surface area contributed by atoms with E-state index in [-0.39, 0.29) is 14.9 Å². The lowest BCUT2D eigenvalue weighted by atomic mass is 10.3. The molecule has 5 nitrogen and oxygen atoms in total. The molecule has 0 spiro atoms. The second-order valence-electron chi connectivity index (χ2n) is 3.85. The molecule has 0 amide bonds. The predicted octanol–water partition coefficient (Wildman–Crippen LogP) is 3.98. The molecule has 0 atom stereocenters. The molecule has 1 heterocycles. The van der Waals surface area contributed by atoms with Crippen molar-refractivity contribution in [1.82, 2.24) is 0 Å². The van der Waals surface area contributed by atoms with Crippen LogP contribution in [0.5, 0.6) is 11.5 Å². The summed E-state index contributed by atoms with van der Waals surface area (Å²) in [6.45, 7) is 0. The number of thiophene rings is 1. The first kappa shape index (κ1) is 16.4. The van der Waals surface area contributed by atoms with Crippen molar-refractivity contribution in [3.8, 4) is 11.5 Å². The first-order valence-electron chi connectivity index (χ1n) is 5.57. The average Bonchev–Trinajstić information content (AvgIpc) is 2.86. The molecule has 21 heavy (non-hydrogen) atoms. The Morgan fingerprint density at radius 3 is 2.38 bits per heavy atom. The number of hydrogen-bond donors (Lipinski definition) is 1. The molecule has 1 aromatic heterocycles. The van der Waals surface area contributed by atoms with Crippen LogP contribution in [0.3, 0.4) is 0 Å². The molecule has 0 radical (unpaired) electrons. The molecule has 0 fully saturated rings. The first-order valence-corrected chi connectivity index (χ1v) is 9.04. The fraction of sp³-hybridized carbons (Fsp3) is 0.167. The molecular weight excluding hydrogens is 402 g/mol. The van der Waals surface area contributed by atoms with Crippen LogP contribution in [0, 0.1) is 0 Å². The summed E-state index contributed by atoms with van der Waals surface area (Å²) in [5.74, 6) is 0.714. The van der Waals surface area contributed by atoms with E-state index >= 15 is 0 Å². The van der Waals surface area contributed by atoms with Crippen LogP contribution in [-0.4, -0.2) is 22.6 Å². The summed E-state index contributed by atoms with van der Waals surface area (Å²) in [7, 11) is -0.804. The molecule has 1 N–H and O–H groups in total. The molecule has 114 valence electrons. The van der Waals surface area contributed by atoms with Gasteiger partial charge in [-0.3, -0.25) is 4.72 Å². The molecule has 0 saturated carbocycles. The Hall–Kier alpha value is -0.960. The van der Waals surface area contributed by atoms with Gasteiger partial charge in [-0.2, -0.15) is 0 Å². The second-order valence-corrected chi connectivity index (χ2v) is 8.63. The summed E-state index contributed by atoms with van der Waals surface area (Å²) >= 11 is 10.4. The Labute approximate surface area is 140 Å². The van der Waals surface area contributed by atoms with Crippen molar-refractivity contribution < 1.29 is 17.9 Å². The van der Waals surface area contributed by atoms with Gasteiger partial charge in [0.15, 0.2) is 0 Å². The Morgan fingerprint density at radius 2 is 1.86 bits per heavy atom. The second kappa shape index (κ2) is 6.43. The number of rotatable bonds is 5. The van der Waals surface area contributed by atoms with Crippen molar-refractivity contribution >= 4 is 54.6 Å². The highest BCUT2D eigenvalue weighted by Crippen LogP contribution is 2.37. The summed E-state index contributed by atoms with van der Waals surface area (Å²) in [5.41, 5.74) is 0.243. The van der Waals surface area contributed by atoms with Crippen molar-refractivity contribution in [1.29, 1.82) is 0 Å². The summed E-state index contributed by atoms with van der Waals surface area (Å²) in [6, 6.07) is 6.14. The predicted molar refractivity (Wildman–Crippen MR) is 87.4 cm³/mol. The summed E-state index contributed by atoms with van der Waals surface area (Å²) in [6.07, 6.45) is 0. The number of methoxy groups -OCH3 is 2. The molecule has 2 rings (SSSR count). The van der Waals surface area contributed by atoms with Gasteiger partial charge in [-0.15, -0.1) is 11.3 Å². The van der Waals surface area contributed by atoms with Gasteiger partial charge < -0.3 is 9.47 Å². The van der Waals surface area contributed by atoms with Crippen molar-refractivity contribution in [2.45, 2.75) is 4.21 Å². The first-order chi connectivity index (χ1) is 9.87. The van der Waals surface area contributed by atoms with E-state index in [1.54, 1.807) is 6.07 Å². The number of ether oxygens (including phenoxy) is 2. The molecule has 0 unspecified atom stereocenters. The summed E-state index contributed by atoms with van der Waals surface area (Å²) in [5, 5.41) is 0.281. The van der Waals surface area contributed by atoms with E-state index in [1.807, 2.05) is 0 Å². The Balaban J connectivity index is 2.41. The lowest BCUT2D eigenvalue weighted by Crippen LogP contribution is -2.12. The van der Waals surface area contributed by atoms with Gasteiger partial charge in [0.1, 0.15) is 15.7 Å². The van der Waals surface area contributed by atoms with E-state index in [0.29, 0.717) is 11.5 Å². The van der Waals surface area contributed by atoms with Gasteiger partial charge >= 0.3 is 0 Å². The Bertz CT molecular complexity index is 761. The van der Waals surface area contributed by atoms with Crippen LogP contribution in [-0.2, 0) is 10.0 Å². The minimum Gasteiger partial charge on any atom is -0.495 e. The minimum atomic E-state index is -3.70. The van der Waals surface area contributed by atoms with E-state index < -0.39 is 10.0 Å². The lowest BCUT2D eigenvalue weighted by Gasteiger charge is -2.13. The average molecular weight is 413 g/mol. The number of nitrogens with one attached hydrogen (secondary N) is 1. The highest BCUT2D eigenvalue weighted by atomic mass is 79.9.